The van der Waals surface area contributed by atoms with E-state index in [-0.39, 0.29) is 32.3 Å². The lowest BCUT2D eigenvalue weighted by Gasteiger charge is -2.43. The molecule has 0 aromatic rings. The number of aliphatic hydroxyl groups is 1. The molecule has 0 radical (unpaired) electrons. The second-order valence-electron chi connectivity index (χ2n) is 11.9. The Morgan fingerprint density at radius 2 is 0.864 bits per heavy atom. The minimum absolute atomic E-state index is 0.128. The van der Waals surface area contributed by atoms with Gasteiger partial charge in [0.25, 0.3) is 0 Å². The first-order valence-electron chi connectivity index (χ1n) is 17.3. The Kier molecular flexibility index (Phi) is 22.7. The molecule has 0 aromatic heterocycles. The average Bonchev–Trinajstić information content (AvgIpc) is 2.99. The molecule has 1 aliphatic heterocycles. The molecule has 10 nitrogen and oxygen atoms in total. The van der Waals surface area contributed by atoms with E-state index in [0.29, 0.717) is 25.7 Å². The molecule has 1 saturated heterocycles. The summed E-state index contributed by atoms with van der Waals surface area (Å²) in [4.78, 5) is 51.1. The van der Waals surface area contributed by atoms with Gasteiger partial charge in [0.05, 0.1) is 0 Å². The number of rotatable bonds is 25. The zero-order valence-corrected chi connectivity index (χ0v) is 27.9. The van der Waals surface area contributed by atoms with Gasteiger partial charge in [-0.3, -0.25) is 19.2 Å². The van der Waals surface area contributed by atoms with Crippen LogP contribution in [0.4, 0.5) is 0 Å². The third-order valence-electron chi connectivity index (χ3n) is 7.76. The van der Waals surface area contributed by atoms with Crippen molar-refractivity contribution in [1.82, 2.24) is 0 Å². The van der Waals surface area contributed by atoms with Gasteiger partial charge < -0.3 is 28.8 Å². The number of hydrogen-bond donors (Lipinski definition) is 1. The fourth-order valence-electron chi connectivity index (χ4n) is 5.10. The van der Waals surface area contributed by atoms with Crippen molar-refractivity contribution in [3.8, 4) is 0 Å². The molecule has 1 heterocycles. The lowest BCUT2D eigenvalue weighted by molar-refractivity contribution is -0.297. The van der Waals surface area contributed by atoms with Crippen molar-refractivity contribution >= 4 is 23.9 Å². The van der Waals surface area contributed by atoms with Crippen molar-refractivity contribution in [3.63, 3.8) is 0 Å². The Hall–Kier alpha value is -2.20. The van der Waals surface area contributed by atoms with Crippen molar-refractivity contribution in [1.29, 1.82) is 0 Å². The van der Waals surface area contributed by atoms with E-state index in [1.807, 2.05) is 13.8 Å². The minimum atomic E-state index is -1.68. The Morgan fingerprint density at radius 1 is 0.500 bits per heavy atom. The Labute approximate surface area is 265 Å². The molecule has 1 aliphatic rings. The van der Waals surface area contributed by atoms with Crippen LogP contribution in [0, 0.1) is 0 Å². The molecule has 44 heavy (non-hydrogen) atoms. The highest BCUT2D eigenvalue weighted by Crippen LogP contribution is 2.29. The number of unbranched alkanes of at least 4 members (excludes halogenated alkanes) is 12. The molecule has 10 heteroatoms. The quantitative estimate of drug-likeness (QED) is 0.0649. The van der Waals surface area contributed by atoms with Crippen molar-refractivity contribution in [3.05, 3.63) is 0 Å². The highest BCUT2D eigenvalue weighted by atomic mass is 16.7. The van der Waals surface area contributed by atoms with Gasteiger partial charge in [-0.1, -0.05) is 105 Å². The highest BCUT2D eigenvalue weighted by molar-refractivity contribution is 5.72. The van der Waals surface area contributed by atoms with Crippen LogP contribution in [-0.4, -0.2) is 66.3 Å². The summed E-state index contributed by atoms with van der Waals surface area (Å²) in [6.45, 7) is 7.95. The fourth-order valence-corrected chi connectivity index (χ4v) is 5.10. The summed E-state index contributed by atoms with van der Waals surface area (Å²) < 4.78 is 28.4. The Morgan fingerprint density at radius 3 is 1.34 bits per heavy atom. The maximum atomic E-state index is 13.0. The summed E-state index contributed by atoms with van der Waals surface area (Å²) in [6, 6.07) is 0. The van der Waals surface area contributed by atoms with Crippen LogP contribution in [0.3, 0.4) is 0 Å². The lowest BCUT2D eigenvalue weighted by Crippen LogP contribution is -2.62. The third-order valence-corrected chi connectivity index (χ3v) is 7.76. The normalized spacial score (nSPS) is 21.4. The molecule has 0 spiro atoms. The molecule has 0 aliphatic carbocycles. The van der Waals surface area contributed by atoms with E-state index < -0.39 is 54.6 Å². The predicted molar refractivity (Wildman–Crippen MR) is 167 cm³/mol. The summed E-state index contributed by atoms with van der Waals surface area (Å²) in [5.74, 6) is -2.10. The van der Waals surface area contributed by atoms with Crippen LogP contribution < -0.4 is 0 Å². The lowest BCUT2D eigenvalue weighted by atomic mass is 9.98. The van der Waals surface area contributed by atoms with E-state index in [4.69, 9.17) is 23.7 Å². The van der Waals surface area contributed by atoms with E-state index in [2.05, 4.69) is 13.8 Å². The van der Waals surface area contributed by atoms with Gasteiger partial charge in [0, 0.05) is 25.7 Å². The highest BCUT2D eigenvalue weighted by Gasteiger charge is 2.52. The Balaban J connectivity index is 3.14. The second kappa shape index (κ2) is 25.0. The van der Waals surface area contributed by atoms with E-state index in [1.54, 1.807) is 0 Å². The van der Waals surface area contributed by atoms with Gasteiger partial charge in [-0.25, -0.2) is 0 Å². The Bertz CT molecular complexity index is 801. The summed E-state index contributed by atoms with van der Waals surface area (Å²) in [6.07, 6.45) is 7.99. The molecular formula is C34H60O10. The zero-order chi connectivity index (χ0) is 32.6. The average molecular weight is 629 g/mol. The summed E-state index contributed by atoms with van der Waals surface area (Å²) in [5.41, 5.74) is 0. The molecule has 0 unspecified atom stereocenters. The largest absolute Gasteiger partial charge is 0.463 e. The van der Waals surface area contributed by atoms with Crippen molar-refractivity contribution < 1.29 is 48.0 Å². The second-order valence-corrected chi connectivity index (χ2v) is 11.9. The van der Waals surface area contributed by atoms with E-state index in [9.17, 15) is 24.3 Å². The molecule has 5 atom stereocenters. The predicted octanol–water partition coefficient (Wildman–Crippen LogP) is 6.86. The maximum Gasteiger partial charge on any atom is 0.306 e. The van der Waals surface area contributed by atoms with E-state index in [0.717, 1.165) is 77.0 Å². The zero-order valence-electron chi connectivity index (χ0n) is 27.9. The molecule has 256 valence electrons. The monoisotopic (exact) mass is 628 g/mol. The van der Waals surface area contributed by atoms with Crippen LogP contribution in [-0.2, 0) is 42.9 Å². The van der Waals surface area contributed by atoms with Gasteiger partial charge in [0.2, 0.25) is 0 Å². The first kappa shape index (κ1) is 39.8. The third kappa shape index (κ3) is 17.3. The first-order valence-corrected chi connectivity index (χ1v) is 17.3. The van der Waals surface area contributed by atoms with Crippen LogP contribution in [0.5, 0.6) is 0 Å². The summed E-state index contributed by atoms with van der Waals surface area (Å²) in [5, 5.41) is 11.0. The molecule has 0 saturated carbocycles. The number of ether oxygens (including phenoxy) is 5. The van der Waals surface area contributed by atoms with Crippen molar-refractivity contribution in [2.24, 2.45) is 0 Å². The van der Waals surface area contributed by atoms with Gasteiger partial charge in [0.1, 0.15) is 12.7 Å². The van der Waals surface area contributed by atoms with Crippen molar-refractivity contribution in [2.45, 2.75) is 187 Å². The summed E-state index contributed by atoms with van der Waals surface area (Å²) in [7, 11) is 0. The van der Waals surface area contributed by atoms with Gasteiger partial charge >= 0.3 is 23.9 Å². The van der Waals surface area contributed by atoms with Crippen LogP contribution in [0.1, 0.15) is 156 Å². The molecule has 1 N–H and O–H groups in total. The minimum Gasteiger partial charge on any atom is -0.463 e. The molecule has 0 amide bonds. The van der Waals surface area contributed by atoms with Gasteiger partial charge in [-0.05, 0) is 25.7 Å². The molecule has 1 rings (SSSR count). The molecular weight excluding hydrogens is 568 g/mol. The number of carbonyl (C=O) groups is 4. The van der Waals surface area contributed by atoms with Gasteiger partial charge in [0.15, 0.2) is 24.6 Å². The van der Waals surface area contributed by atoms with Crippen molar-refractivity contribution in [2.75, 3.05) is 6.61 Å². The van der Waals surface area contributed by atoms with Crippen LogP contribution >= 0.6 is 0 Å². The van der Waals surface area contributed by atoms with Gasteiger partial charge in [-0.2, -0.15) is 0 Å². The van der Waals surface area contributed by atoms with Gasteiger partial charge in [-0.15, -0.1) is 0 Å². The standard InChI is InChI=1S/C34H60O10/c1-5-9-13-15-19-23-29(37)43-32-31(42-28(36)22-18-12-8-4)26(25-40-27(35)21-17-11-7-3)41-34(39)33(32)44-30(38)24-20-16-14-10-6-2/h26,31-34,39H,5-25H2,1-4H3/t26-,31-,32+,33+,34-/m1/s1. The maximum absolute atomic E-state index is 13.0. The summed E-state index contributed by atoms with van der Waals surface area (Å²) >= 11 is 0. The van der Waals surface area contributed by atoms with E-state index in [1.165, 1.54) is 0 Å². The number of aliphatic hydroxyl groups excluding tert-OH is 1. The molecule has 1 fully saturated rings. The smallest absolute Gasteiger partial charge is 0.306 e. The first-order chi connectivity index (χ1) is 21.3. The topological polar surface area (TPSA) is 135 Å². The SMILES string of the molecule is CCCCCCCC(=O)O[C@@H]1[C@H](OC(=O)CCCCCCC)[C@H](O)O[C@H](COC(=O)CCCCC)[C@H]1OC(=O)CCCCC. The number of esters is 4. The molecule has 0 bridgehead atoms. The molecule has 0 aromatic carbocycles. The number of hydrogen-bond acceptors (Lipinski definition) is 10. The van der Waals surface area contributed by atoms with Crippen LogP contribution in [0.25, 0.3) is 0 Å². The van der Waals surface area contributed by atoms with E-state index >= 15 is 0 Å². The fraction of sp³-hybridized carbons (Fsp3) is 0.882. The van der Waals surface area contributed by atoms with Crippen LogP contribution in [0.2, 0.25) is 0 Å². The number of carbonyl (C=O) groups excluding carboxylic acids is 4. The van der Waals surface area contributed by atoms with Crippen LogP contribution in [0.15, 0.2) is 0 Å².